The molecule has 1 aromatic heterocycles. The first-order chi connectivity index (χ1) is 8.04. The SMILES string of the molecule is Cc1ccc(Cl)cc1-c1sc(C#N)c(N)c1C. The van der Waals surface area contributed by atoms with Gasteiger partial charge in [-0.3, -0.25) is 0 Å². The van der Waals surface area contributed by atoms with Gasteiger partial charge < -0.3 is 5.73 Å². The largest absolute Gasteiger partial charge is 0.397 e. The summed E-state index contributed by atoms with van der Waals surface area (Å²) in [7, 11) is 0. The molecular weight excluding hydrogens is 252 g/mol. The van der Waals surface area contributed by atoms with E-state index in [0.717, 1.165) is 21.6 Å². The summed E-state index contributed by atoms with van der Waals surface area (Å²) in [5.41, 5.74) is 9.60. The molecule has 86 valence electrons. The van der Waals surface area contributed by atoms with E-state index in [1.165, 1.54) is 11.3 Å². The Kier molecular flexibility index (Phi) is 3.10. The van der Waals surface area contributed by atoms with Crippen LogP contribution < -0.4 is 5.73 Å². The fraction of sp³-hybridized carbons (Fsp3) is 0.154. The number of anilines is 1. The standard InChI is InChI=1S/C13H11ClN2S/c1-7-3-4-9(14)5-10(7)13-8(2)12(16)11(6-15)17-13/h3-5H,16H2,1-2H3. The van der Waals surface area contributed by atoms with Crippen LogP contribution in [0.2, 0.25) is 5.02 Å². The summed E-state index contributed by atoms with van der Waals surface area (Å²) in [5, 5.41) is 9.67. The van der Waals surface area contributed by atoms with Gasteiger partial charge in [0.1, 0.15) is 10.9 Å². The van der Waals surface area contributed by atoms with Crippen molar-refractivity contribution in [3.05, 3.63) is 39.2 Å². The van der Waals surface area contributed by atoms with Gasteiger partial charge in [0.05, 0.1) is 5.69 Å². The topological polar surface area (TPSA) is 49.8 Å². The number of rotatable bonds is 1. The Morgan fingerprint density at radius 2 is 2.06 bits per heavy atom. The summed E-state index contributed by atoms with van der Waals surface area (Å²) in [6.45, 7) is 3.95. The minimum atomic E-state index is 0.567. The molecule has 2 rings (SSSR count). The van der Waals surface area contributed by atoms with Crippen molar-refractivity contribution in [3.8, 4) is 16.5 Å². The minimum Gasteiger partial charge on any atom is -0.397 e. The third-order valence-electron chi connectivity index (χ3n) is 2.74. The van der Waals surface area contributed by atoms with Crippen LogP contribution in [-0.4, -0.2) is 0 Å². The van der Waals surface area contributed by atoms with E-state index in [-0.39, 0.29) is 0 Å². The lowest BCUT2D eigenvalue weighted by molar-refractivity contribution is 1.45. The highest BCUT2D eigenvalue weighted by atomic mass is 35.5. The van der Waals surface area contributed by atoms with Crippen molar-refractivity contribution in [2.24, 2.45) is 0 Å². The fourth-order valence-corrected chi connectivity index (χ4v) is 2.98. The third-order valence-corrected chi connectivity index (χ3v) is 4.22. The van der Waals surface area contributed by atoms with Crippen LogP contribution in [0.4, 0.5) is 5.69 Å². The molecule has 1 aromatic carbocycles. The van der Waals surface area contributed by atoms with Gasteiger partial charge in [-0.2, -0.15) is 5.26 Å². The lowest BCUT2D eigenvalue weighted by Gasteiger charge is -2.05. The smallest absolute Gasteiger partial charge is 0.128 e. The Labute approximate surface area is 109 Å². The summed E-state index contributed by atoms with van der Waals surface area (Å²) in [6, 6.07) is 7.86. The summed E-state index contributed by atoms with van der Waals surface area (Å²) in [6.07, 6.45) is 0. The summed E-state index contributed by atoms with van der Waals surface area (Å²) in [4.78, 5) is 1.59. The molecule has 17 heavy (non-hydrogen) atoms. The highest BCUT2D eigenvalue weighted by Crippen LogP contribution is 2.39. The molecule has 0 aliphatic heterocycles. The van der Waals surface area contributed by atoms with Gasteiger partial charge in [0.15, 0.2) is 0 Å². The molecule has 0 unspecified atom stereocenters. The van der Waals surface area contributed by atoms with Gasteiger partial charge in [-0.15, -0.1) is 11.3 Å². The molecule has 0 spiro atoms. The van der Waals surface area contributed by atoms with Gasteiger partial charge >= 0.3 is 0 Å². The Bertz CT molecular complexity index is 623. The molecule has 2 N–H and O–H groups in total. The van der Waals surface area contributed by atoms with Crippen molar-refractivity contribution in [3.63, 3.8) is 0 Å². The number of hydrogen-bond acceptors (Lipinski definition) is 3. The molecule has 0 bridgehead atoms. The molecule has 1 heterocycles. The van der Waals surface area contributed by atoms with Gasteiger partial charge in [0, 0.05) is 9.90 Å². The second-order valence-electron chi connectivity index (χ2n) is 3.87. The van der Waals surface area contributed by atoms with Crippen LogP contribution in [0.25, 0.3) is 10.4 Å². The van der Waals surface area contributed by atoms with Crippen LogP contribution >= 0.6 is 22.9 Å². The maximum Gasteiger partial charge on any atom is 0.128 e. The van der Waals surface area contributed by atoms with Crippen LogP contribution in [0, 0.1) is 25.2 Å². The third kappa shape index (κ3) is 2.02. The summed E-state index contributed by atoms with van der Waals surface area (Å²) in [5.74, 6) is 0. The number of nitriles is 1. The number of halogens is 1. The highest BCUT2D eigenvalue weighted by molar-refractivity contribution is 7.16. The van der Waals surface area contributed by atoms with Crippen LogP contribution in [-0.2, 0) is 0 Å². The van der Waals surface area contributed by atoms with Gasteiger partial charge in [-0.25, -0.2) is 0 Å². The molecule has 0 atom stereocenters. The molecule has 0 saturated carbocycles. The molecule has 0 saturated heterocycles. The van der Waals surface area contributed by atoms with Crippen molar-refractivity contribution in [2.45, 2.75) is 13.8 Å². The van der Waals surface area contributed by atoms with E-state index in [4.69, 9.17) is 22.6 Å². The quantitative estimate of drug-likeness (QED) is 0.840. The molecule has 0 aliphatic rings. The van der Waals surface area contributed by atoms with Crippen LogP contribution in [0.5, 0.6) is 0 Å². The average molecular weight is 263 g/mol. The van der Waals surface area contributed by atoms with E-state index in [1.807, 2.05) is 32.0 Å². The Hall–Kier alpha value is -1.50. The van der Waals surface area contributed by atoms with Crippen LogP contribution in [0.15, 0.2) is 18.2 Å². The van der Waals surface area contributed by atoms with Crippen LogP contribution in [0.1, 0.15) is 16.0 Å². The molecule has 0 radical (unpaired) electrons. The van der Waals surface area contributed by atoms with Crippen LogP contribution in [0.3, 0.4) is 0 Å². The zero-order chi connectivity index (χ0) is 12.6. The fourth-order valence-electron chi connectivity index (χ4n) is 1.71. The van der Waals surface area contributed by atoms with E-state index >= 15 is 0 Å². The number of thiophene rings is 1. The maximum absolute atomic E-state index is 8.98. The first kappa shape index (κ1) is 12.0. The van der Waals surface area contributed by atoms with E-state index in [2.05, 4.69) is 6.07 Å². The van der Waals surface area contributed by atoms with Gasteiger partial charge in [0.2, 0.25) is 0 Å². The number of nitrogen functional groups attached to an aromatic ring is 1. The number of benzene rings is 1. The summed E-state index contributed by atoms with van der Waals surface area (Å²) >= 11 is 7.43. The number of aryl methyl sites for hydroxylation is 1. The molecule has 2 nitrogen and oxygen atoms in total. The number of nitrogens with two attached hydrogens (primary N) is 1. The Morgan fingerprint density at radius 3 is 2.65 bits per heavy atom. The first-order valence-electron chi connectivity index (χ1n) is 5.10. The van der Waals surface area contributed by atoms with Gasteiger partial charge in [-0.05, 0) is 42.7 Å². The molecule has 0 aliphatic carbocycles. The van der Waals surface area contributed by atoms with E-state index in [0.29, 0.717) is 15.6 Å². The predicted molar refractivity (Wildman–Crippen MR) is 73.4 cm³/mol. The molecule has 4 heteroatoms. The zero-order valence-electron chi connectivity index (χ0n) is 9.54. The summed E-state index contributed by atoms with van der Waals surface area (Å²) < 4.78 is 0. The van der Waals surface area contributed by atoms with E-state index < -0.39 is 0 Å². The second-order valence-corrected chi connectivity index (χ2v) is 5.33. The highest BCUT2D eigenvalue weighted by Gasteiger charge is 2.15. The van der Waals surface area contributed by atoms with Crippen molar-refractivity contribution in [2.75, 3.05) is 5.73 Å². The second kappa shape index (κ2) is 4.40. The van der Waals surface area contributed by atoms with Gasteiger partial charge in [-0.1, -0.05) is 17.7 Å². The van der Waals surface area contributed by atoms with Crippen molar-refractivity contribution in [1.29, 1.82) is 5.26 Å². The molecule has 0 amide bonds. The van der Waals surface area contributed by atoms with Crippen molar-refractivity contribution in [1.82, 2.24) is 0 Å². The average Bonchev–Trinajstić information content (AvgIpc) is 2.59. The van der Waals surface area contributed by atoms with Crippen molar-refractivity contribution >= 4 is 28.6 Å². The molecule has 0 fully saturated rings. The Morgan fingerprint density at radius 1 is 1.35 bits per heavy atom. The zero-order valence-corrected chi connectivity index (χ0v) is 11.1. The minimum absolute atomic E-state index is 0.567. The number of hydrogen-bond donors (Lipinski definition) is 1. The lowest BCUT2D eigenvalue weighted by atomic mass is 10.0. The maximum atomic E-state index is 8.98. The Balaban J connectivity index is 2.69. The van der Waals surface area contributed by atoms with E-state index in [9.17, 15) is 0 Å². The lowest BCUT2D eigenvalue weighted by Crippen LogP contribution is -1.88. The molecular formula is C13H11ClN2S. The number of nitrogens with zero attached hydrogens (tertiary/aromatic N) is 1. The van der Waals surface area contributed by atoms with Crippen molar-refractivity contribution < 1.29 is 0 Å². The monoisotopic (exact) mass is 262 g/mol. The van der Waals surface area contributed by atoms with E-state index in [1.54, 1.807) is 0 Å². The normalized spacial score (nSPS) is 10.2. The van der Waals surface area contributed by atoms with Gasteiger partial charge in [0.25, 0.3) is 0 Å². The first-order valence-corrected chi connectivity index (χ1v) is 6.29. The molecule has 2 aromatic rings. The predicted octanol–water partition coefficient (Wildman–Crippen LogP) is 4.14.